The number of aliphatic hydroxyl groups excluding tert-OH is 1. The number of ether oxygens (including phenoxy) is 1. The third-order valence-corrected chi connectivity index (χ3v) is 3.46. The van der Waals surface area contributed by atoms with Gasteiger partial charge in [0.2, 0.25) is 0 Å². The van der Waals surface area contributed by atoms with E-state index in [9.17, 15) is 19.5 Å². The molecule has 0 amide bonds. The van der Waals surface area contributed by atoms with E-state index in [1.165, 1.54) is 0 Å². The van der Waals surface area contributed by atoms with Crippen molar-refractivity contribution < 1.29 is 39.5 Å². The molecule has 0 aromatic carbocycles. The molecule has 8 nitrogen and oxygen atoms in total. The van der Waals surface area contributed by atoms with E-state index in [0.717, 1.165) is 0 Å². The normalized spacial score (nSPS) is 29.5. The molecule has 1 aliphatic heterocycles. The minimum Gasteiger partial charge on any atom is -0.481 e. The average Bonchev–Trinajstić information content (AvgIpc) is 2.65. The molecule has 5 atom stereocenters. The van der Waals surface area contributed by atoms with Gasteiger partial charge in [-0.25, -0.2) is 0 Å². The van der Waals surface area contributed by atoms with Gasteiger partial charge in [-0.1, -0.05) is 5.92 Å². The Balaban J connectivity index is 3.06. The molecule has 0 aromatic rings. The first-order chi connectivity index (χ1) is 9.76. The van der Waals surface area contributed by atoms with Crippen LogP contribution in [0.15, 0.2) is 0 Å². The lowest BCUT2D eigenvalue weighted by Gasteiger charge is -2.22. The second kappa shape index (κ2) is 7.06. The lowest BCUT2D eigenvalue weighted by Crippen LogP contribution is -2.33. The van der Waals surface area contributed by atoms with Crippen LogP contribution >= 0.6 is 0 Å². The molecular formula is C13H16O8. The second-order valence-corrected chi connectivity index (χ2v) is 4.87. The van der Waals surface area contributed by atoms with Gasteiger partial charge in [0.05, 0.1) is 31.5 Å². The predicted octanol–water partition coefficient (Wildman–Crippen LogP) is -0.596. The second-order valence-electron chi connectivity index (χ2n) is 4.87. The van der Waals surface area contributed by atoms with Crippen LogP contribution in [-0.2, 0) is 19.1 Å². The number of aliphatic carboxylic acids is 3. The van der Waals surface area contributed by atoms with Gasteiger partial charge >= 0.3 is 17.9 Å². The number of rotatable bonds is 7. The summed E-state index contributed by atoms with van der Waals surface area (Å²) in [6.07, 6.45) is 0.151. The van der Waals surface area contributed by atoms with Crippen LogP contribution in [-0.4, -0.2) is 56.6 Å². The molecule has 0 radical (unpaired) electrons. The van der Waals surface area contributed by atoms with Crippen molar-refractivity contribution in [2.24, 2.45) is 11.8 Å². The van der Waals surface area contributed by atoms with Gasteiger partial charge in [0.25, 0.3) is 0 Å². The lowest BCUT2D eigenvalue weighted by molar-refractivity contribution is -0.143. The Bertz CT molecular complexity index is 465. The Hall–Kier alpha value is -2.11. The maximum absolute atomic E-state index is 10.9. The Morgan fingerprint density at radius 2 is 1.48 bits per heavy atom. The van der Waals surface area contributed by atoms with Crippen molar-refractivity contribution in [2.45, 2.75) is 37.6 Å². The van der Waals surface area contributed by atoms with Crippen molar-refractivity contribution in [2.75, 3.05) is 0 Å². The van der Waals surface area contributed by atoms with E-state index in [-0.39, 0.29) is 0 Å². The third kappa shape index (κ3) is 4.44. The molecule has 0 spiro atoms. The monoisotopic (exact) mass is 300 g/mol. The first kappa shape index (κ1) is 16.9. The molecule has 116 valence electrons. The van der Waals surface area contributed by atoms with Crippen LogP contribution in [0.1, 0.15) is 19.3 Å². The Kier molecular flexibility index (Phi) is 5.69. The van der Waals surface area contributed by atoms with Gasteiger partial charge in [-0.15, -0.1) is 6.42 Å². The maximum Gasteiger partial charge on any atom is 0.305 e. The maximum atomic E-state index is 10.9. The van der Waals surface area contributed by atoms with Gasteiger partial charge in [0.1, 0.15) is 6.10 Å². The predicted molar refractivity (Wildman–Crippen MR) is 67.2 cm³/mol. The number of terminal acetylenes is 1. The van der Waals surface area contributed by atoms with Crippen molar-refractivity contribution in [3.63, 3.8) is 0 Å². The largest absolute Gasteiger partial charge is 0.481 e. The molecule has 0 aromatic heterocycles. The van der Waals surface area contributed by atoms with Crippen LogP contribution in [0, 0.1) is 24.2 Å². The highest BCUT2D eigenvalue weighted by molar-refractivity contribution is 5.70. The number of aliphatic hydroxyl groups is 1. The summed E-state index contributed by atoms with van der Waals surface area (Å²) < 4.78 is 5.35. The fourth-order valence-electron chi connectivity index (χ4n) is 2.65. The van der Waals surface area contributed by atoms with E-state index >= 15 is 0 Å². The van der Waals surface area contributed by atoms with Gasteiger partial charge in [0.15, 0.2) is 0 Å². The van der Waals surface area contributed by atoms with Crippen molar-refractivity contribution in [1.82, 2.24) is 0 Å². The smallest absolute Gasteiger partial charge is 0.305 e. The van der Waals surface area contributed by atoms with E-state index in [1.807, 2.05) is 5.92 Å². The number of hydrogen-bond donors (Lipinski definition) is 4. The van der Waals surface area contributed by atoms with Gasteiger partial charge in [-0.2, -0.15) is 0 Å². The van der Waals surface area contributed by atoms with E-state index in [4.69, 9.17) is 26.5 Å². The number of hydrogen-bond acceptors (Lipinski definition) is 5. The molecule has 4 N–H and O–H groups in total. The minimum absolute atomic E-state index is 0.455. The van der Waals surface area contributed by atoms with Gasteiger partial charge in [-0.05, 0) is 0 Å². The Labute approximate surface area is 120 Å². The topological polar surface area (TPSA) is 141 Å². The average molecular weight is 300 g/mol. The summed E-state index contributed by atoms with van der Waals surface area (Å²) in [6.45, 7) is 0. The summed E-state index contributed by atoms with van der Waals surface area (Å²) in [5.74, 6) is -3.33. The van der Waals surface area contributed by atoms with Crippen LogP contribution < -0.4 is 0 Å². The highest BCUT2D eigenvalue weighted by atomic mass is 16.5. The summed E-state index contributed by atoms with van der Waals surface area (Å²) >= 11 is 0. The van der Waals surface area contributed by atoms with Gasteiger partial charge < -0.3 is 25.2 Å². The SMILES string of the molecule is C#CC(O)C1OC(CC(=O)O)C(CC(=O)O)C1CC(=O)O. The van der Waals surface area contributed by atoms with Crippen molar-refractivity contribution in [3.8, 4) is 12.3 Å². The van der Waals surface area contributed by atoms with E-state index in [2.05, 4.69) is 0 Å². The first-order valence-electron chi connectivity index (χ1n) is 6.21. The molecule has 21 heavy (non-hydrogen) atoms. The number of carboxylic acid groups (broad SMARTS) is 3. The third-order valence-electron chi connectivity index (χ3n) is 3.46. The van der Waals surface area contributed by atoms with Crippen molar-refractivity contribution >= 4 is 17.9 Å². The molecule has 8 heteroatoms. The molecule has 0 saturated carbocycles. The van der Waals surface area contributed by atoms with Crippen LogP contribution in [0.3, 0.4) is 0 Å². The van der Waals surface area contributed by atoms with Crippen LogP contribution in [0.5, 0.6) is 0 Å². The van der Waals surface area contributed by atoms with Crippen LogP contribution in [0.25, 0.3) is 0 Å². The molecule has 1 heterocycles. The highest BCUT2D eigenvalue weighted by Crippen LogP contribution is 2.40. The summed E-state index contributed by atoms with van der Waals surface area (Å²) in [5, 5.41) is 36.3. The van der Waals surface area contributed by atoms with E-state index in [0.29, 0.717) is 0 Å². The molecule has 0 aliphatic carbocycles. The zero-order valence-electron chi connectivity index (χ0n) is 11.0. The standard InChI is InChI=1S/C13H16O8/c1-2-8(14)13-7(4-11(17)18)6(3-10(15)16)9(21-13)5-12(19)20/h1,6-9,13-14H,3-5H2,(H,15,16)(H,17,18)(H,19,20). The molecule has 5 unspecified atom stereocenters. The Morgan fingerprint density at radius 1 is 1.00 bits per heavy atom. The van der Waals surface area contributed by atoms with Crippen LogP contribution in [0.2, 0.25) is 0 Å². The number of carbonyl (C=O) groups is 3. The van der Waals surface area contributed by atoms with Crippen molar-refractivity contribution in [1.29, 1.82) is 0 Å². The van der Waals surface area contributed by atoms with E-state index < -0.39 is 67.3 Å². The van der Waals surface area contributed by atoms with Gasteiger partial charge in [0, 0.05) is 11.8 Å². The molecule has 1 aliphatic rings. The summed E-state index contributed by atoms with van der Waals surface area (Å²) in [6, 6.07) is 0. The highest BCUT2D eigenvalue weighted by Gasteiger charge is 2.48. The lowest BCUT2D eigenvalue weighted by atomic mass is 9.80. The molecule has 1 fully saturated rings. The molecule has 1 rings (SSSR count). The van der Waals surface area contributed by atoms with Gasteiger partial charge in [-0.3, -0.25) is 14.4 Å². The quantitative estimate of drug-likeness (QED) is 0.457. The Morgan fingerprint density at radius 3 is 1.90 bits per heavy atom. The van der Waals surface area contributed by atoms with E-state index in [1.54, 1.807) is 0 Å². The fourth-order valence-corrected chi connectivity index (χ4v) is 2.65. The molecular weight excluding hydrogens is 284 g/mol. The summed E-state index contributed by atoms with van der Waals surface area (Å²) in [4.78, 5) is 32.6. The van der Waals surface area contributed by atoms with Crippen LogP contribution in [0.4, 0.5) is 0 Å². The molecule has 0 bridgehead atoms. The minimum atomic E-state index is -1.43. The summed E-state index contributed by atoms with van der Waals surface area (Å²) in [5.41, 5.74) is 0. The molecule has 1 saturated heterocycles. The summed E-state index contributed by atoms with van der Waals surface area (Å²) in [7, 11) is 0. The van der Waals surface area contributed by atoms with Crippen molar-refractivity contribution in [3.05, 3.63) is 0 Å². The zero-order valence-corrected chi connectivity index (χ0v) is 11.0. The zero-order chi connectivity index (χ0) is 16.2. The number of carboxylic acids is 3. The fraction of sp³-hybridized carbons (Fsp3) is 0.615. The first-order valence-corrected chi connectivity index (χ1v) is 6.21.